The molecule has 6 rings (SSSR count). The minimum absolute atomic E-state index is 0.0942. The topological polar surface area (TPSA) is 133 Å². The number of rotatable bonds is 8. The van der Waals surface area contributed by atoms with Crippen molar-refractivity contribution in [2.24, 2.45) is 34.0 Å². The minimum Gasteiger partial charge on any atom is -0.497 e. The maximum absolute atomic E-state index is 13.7. The van der Waals surface area contributed by atoms with Gasteiger partial charge in [-0.3, -0.25) is 14.4 Å². The van der Waals surface area contributed by atoms with Crippen molar-refractivity contribution in [3.63, 3.8) is 0 Å². The number of carbonyl (C=O) groups is 3. The zero-order valence-electron chi connectivity index (χ0n) is 28.4. The Kier molecular flexibility index (Phi) is 8.83. The number of ether oxygens (including phenoxy) is 2. The number of carbonyl (C=O) groups excluding carboxylic acids is 3. The average Bonchev–Trinajstić information content (AvgIpc) is 3.70. The van der Waals surface area contributed by atoms with Gasteiger partial charge >= 0.3 is 5.97 Å². The second kappa shape index (κ2) is 12.6. The number of hydrogen-bond donors (Lipinski definition) is 2. The fourth-order valence-corrected chi connectivity index (χ4v) is 9.04. The third-order valence-electron chi connectivity index (χ3n) is 12.2. The summed E-state index contributed by atoms with van der Waals surface area (Å²) >= 11 is 0. The van der Waals surface area contributed by atoms with E-state index in [1.165, 1.54) is 4.68 Å². The standard InChI is InChI=1S/C38H46N4O6/c1-7-36(4)20-31(37(5)23(2)15-17-38(24(3)34(36)45)18-16-30(43)33(37)38)48-32(44)22-42-21-29(40-41-42)26-9-8-10-27(19-26)39-35(46)25-11-13-28(47-6)14-12-25/h7-14,19,21,23-24,31,33-34,45H,1,15-18,20,22H2,2-6H3,(H,39,46)/t23?,24-,31+,33-,34-,36+,37-,38-/m0/s1. The lowest BCUT2D eigenvalue weighted by Gasteiger charge is -2.61. The summed E-state index contributed by atoms with van der Waals surface area (Å²) in [6.45, 7) is 12.3. The van der Waals surface area contributed by atoms with Crippen molar-refractivity contribution < 1.29 is 29.0 Å². The van der Waals surface area contributed by atoms with E-state index in [1.807, 2.05) is 19.1 Å². The third kappa shape index (κ3) is 5.63. The van der Waals surface area contributed by atoms with Gasteiger partial charge in [-0.25, -0.2) is 4.68 Å². The number of aliphatic hydroxyl groups is 1. The highest BCUT2D eigenvalue weighted by Gasteiger charge is 2.68. The molecule has 1 aromatic heterocycles. The van der Waals surface area contributed by atoms with Gasteiger partial charge in [-0.2, -0.15) is 0 Å². The van der Waals surface area contributed by atoms with E-state index in [9.17, 15) is 19.5 Å². The van der Waals surface area contributed by atoms with Gasteiger partial charge in [0, 0.05) is 40.0 Å². The molecular weight excluding hydrogens is 608 g/mol. The lowest BCUT2D eigenvalue weighted by Crippen LogP contribution is -2.63. The predicted octanol–water partition coefficient (Wildman–Crippen LogP) is 6.11. The average molecular weight is 655 g/mol. The molecule has 0 radical (unpaired) electrons. The number of aromatic nitrogens is 3. The molecule has 0 saturated heterocycles. The van der Waals surface area contributed by atoms with Crippen LogP contribution in [-0.2, 0) is 20.9 Å². The van der Waals surface area contributed by atoms with E-state index in [0.29, 0.717) is 41.1 Å². The van der Waals surface area contributed by atoms with Gasteiger partial charge < -0.3 is 19.9 Å². The van der Waals surface area contributed by atoms with E-state index in [0.717, 1.165) is 19.3 Å². The number of esters is 1. The Morgan fingerprint density at radius 1 is 1.15 bits per heavy atom. The third-order valence-corrected chi connectivity index (χ3v) is 12.2. The summed E-state index contributed by atoms with van der Waals surface area (Å²) in [6.07, 6.45) is 5.52. The molecule has 1 heterocycles. The summed E-state index contributed by atoms with van der Waals surface area (Å²) < 4.78 is 13.0. The fourth-order valence-electron chi connectivity index (χ4n) is 9.04. The predicted molar refractivity (Wildman–Crippen MR) is 181 cm³/mol. The number of Topliss-reactive ketones (excluding diaryl/α,β-unsaturated/α-hetero) is 1. The first kappa shape index (κ1) is 33.6. The van der Waals surface area contributed by atoms with Crippen LogP contribution in [-0.4, -0.2) is 57.1 Å². The highest BCUT2D eigenvalue weighted by molar-refractivity contribution is 6.04. The first-order chi connectivity index (χ1) is 22.8. The smallest absolute Gasteiger partial charge is 0.328 e. The number of nitrogens with zero attached hydrogens (tertiary/aromatic N) is 3. The SMILES string of the molecule is C=C[C@]1(C)C[C@@H](OC(=O)Cn2cc(-c3cccc(NC(=O)c4ccc(OC)cc4)c3)nn2)[C@]2(C)C(C)CC[C@]3(CCC(=O)[C@H]32)[C@@H](C)[C@@H]1O. The number of hydrogen-bond acceptors (Lipinski definition) is 8. The molecule has 0 aliphatic heterocycles. The maximum atomic E-state index is 13.7. The van der Waals surface area contributed by atoms with Crippen molar-refractivity contribution in [1.29, 1.82) is 0 Å². The second-order valence-corrected chi connectivity index (χ2v) is 14.6. The van der Waals surface area contributed by atoms with Crippen LogP contribution in [0.25, 0.3) is 11.3 Å². The monoisotopic (exact) mass is 654 g/mol. The van der Waals surface area contributed by atoms with Crippen LogP contribution in [0.15, 0.2) is 67.4 Å². The van der Waals surface area contributed by atoms with Gasteiger partial charge in [0.05, 0.1) is 19.4 Å². The van der Waals surface area contributed by atoms with Gasteiger partial charge in [0.15, 0.2) is 0 Å². The van der Waals surface area contributed by atoms with Gasteiger partial charge in [0.25, 0.3) is 5.91 Å². The Morgan fingerprint density at radius 2 is 1.90 bits per heavy atom. The summed E-state index contributed by atoms with van der Waals surface area (Å²) in [7, 11) is 1.57. The molecule has 48 heavy (non-hydrogen) atoms. The van der Waals surface area contributed by atoms with E-state index in [2.05, 4.69) is 43.0 Å². The molecule has 1 amide bonds. The van der Waals surface area contributed by atoms with Crippen LogP contribution in [0.1, 0.15) is 70.2 Å². The molecular formula is C38H46N4O6. The van der Waals surface area contributed by atoms with Crippen molar-refractivity contribution in [1.82, 2.24) is 15.0 Å². The molecule has 3 aromatic rings. The number of nitrogens with one attached hydrogen (secondary N) is 1. The first-order valence-electron chi connectivity index (χ1n) is 16.8. The van der Waals surface area contributed by atoms with Crippen molar-refractivity contribution in [2.45, 2.75) is 78.6 Å². The van der Waals surface area contributed by atoms with Crippen molar-refractivity contribution in [3.05, 3.63) is 72.9 Å². The quantitative estimate of drug-likeness (QED) is 0.220. The van der Waals surface area contributed by atoms with Crippen LogP contribution in [0.4, 0.5) is 5.69 Å². The zero-order valence-corrected chi connectivity index (χ0v) is 28.4. The Bertz CT molecular complexity index is 1720. The minimum atomic E-state index is -0.725. The van der Waals surface area contributed by atoms with E-state index in [1.54, 1.807) is 55.8 Å². The van der Waals surface area contributed by atoms with Gasteiger partial charge in [0.2, 0.25) is 0 Å². The molecule has 10 nitrogen and oxygen atoms in total. The summed E-state index contributed by atoms with van der Waals surface area (Å²) in [6, 6.07) is 14.1. The Labute approximate surface area is 281 Å². The van der Waals surface area contributed by atoms with Gasteiger partial charge in [0.1, 0.15) is 29.9 Å². The Hall–Kier alpha value is -4.31. The van der Waals surface area contributed by atoms with Gasteiger partial charge in [-0.15, -0.1) is 11.7 Å². The van der Waals surface area contributed by atoms with E-state index >= 15 is 0 Å². The molecule has 3 fully saturated rings. The molecule has 8 atom stereocenters. The molecule has 2 aromatic carbocycles. The van der Waals surface area contributed by atoms with E-state index in [-0.39, 0.29) is 41.4 Å². The summed E-state index contributed by atoms with van der Waals surface area (Å²) in [4.78, 5) is 40.1. The van der Waals surface area contributed by atoms with Crippen molar-refractivity contribution in [2.75, 3.05) is 12.4 Å². The van der Waals surface area contributed by atoms with Crippen molar-refractivity contribution in [3.8, 4) is 17.0 Å². The first-order valence-corrected chi connectivity index (χ1v) is 16.8. The highest BCUT2D eigenvalue weighted by Crippen LogP contribution is 2.68. The Balaban J connectivity index is 1.20. The number of benzene rings is 2. The summed E-state index contributed by atoms with van der Waals surface area (Å²) in [5, 5.41) is 23.1. The lowest BCUT2D eigenvalue weighted by molar-refractivity contribution is -0.207. The van der Waals surface area contributed by atoms with Crippen LogP contribution in [0.2, 0.25) is 0 Å². The number of anilines is 1. The number of aliphatic hydroxyl groups excluding tert-OH is 1. The van der Waals surface area contributed by atoms with Crippen LogP contribution in [0.5, 0.6) is 5.75 Å². The van der Waals surface area contributed by atoms with Crippen LogP contribution < -0.4 is 10.1 Å². The highest BCUT2D eigenvalue weighted by atomic mass is 16.5. The normalized spacial score (nSPS) is 32.8. The molecule has 3 saturated carbocycles. The van der Waals surface area contributed by atoms with Crippen molar-refractivity contribution >= 4 is 23.3 Å². The summed E-state index contributed by atoms with van der Waals surface area (Å²) in [5.41, 5.74) is 0.681. The largest absolute Gasteiger partial charge is 0.497 e. The molecule has 10 heteroatoms. The molecule has 3 aliphatic rings. The zero-order chi connectivity index (χ0) is 34.4. The van der Waals surface area contributed by atoms with Crippen LogP contribution >= 0.6 is 0 Å². The van der Waals surface area contributed by atoms with Gasteiger partial charge in [-0.05, 0) is 79.3 Å². The second-order valence-electron chi connectivity index (χ2n) is 14.6. The lowest BCUT2D eigenvalue weighted by atomic mass is 9.44. The van der Waals surface area contributed by atoms with Crippen LogP contribution in [0.3, 0.4) is 0 Å². The number of ketones is 1. The fraction of sp³-hybridized carbons (Fsp3) is 0.500. The van der Waals surface area contributed by atoms with Gasteiger partial charge in [-0.1, -0.05) is 51.1 Å². The molecule has 1 unspecified atom stereocenters. The van der Waals surface area contributed by atoms with E-state index < -0.39 is 29.0 Å². The van der Waals surface area contributed by atoms with Crippen LogP contribution in [0, 0.1) is 34.0 Å². The summed E-state index contributed by atoms with van der Waals surface area (Å²) in [5.74, 6) is -0.108. The molecule has 2 bridgehead atoms. The molecule has 2 N–H and O–H groups in total. The Morgan fingerprint density at radius 3 is 2.60 bits per heavy atom. The number of methoxy groups -OCH3 is 1. The molecule has 3 aliphatic carbocycles. The molecule has 254 valence electrons. The maximum Gasteiger partial charge on any atom is 0.328 e. The molecule has 0 spiro atoms. The van der Waals surface area contributed by atoms with E-state index in [4.69, 9.17) is 9.47 Å². The number of amides is 1.